The quantitative estimate of drug-likeness (QED) is 0.891. The Hall–Kier alpha value is -0.970. The number of hydrogen-bond acceptors (Lipinski definition) is 4. The van der Waals surface area contributed by atoms with Gasteiger partial charge in [0.2, 0.25) is 0 Å². The Kier molecular flexibility index (Phi) is 4.10. The molecule has 2 N–H and O–H groups in total. The zero-order valence-corrected chi connectivity index (χ0v) is 10.6. The van der Waals surface area contributed by atoms with E-state index in [1.54, 1.807) is 7.11 Å². The van der Waals surface area contributed by atoms with E-state index < -0.39 is 0 Å². The van der Waals surface area contributed by atoms with Gasteiger partial charge in [-0.25, -0.2) is 0 Å². The Bertz CT molecular complexity index is 387. The van der Waals surface area contributed by atoms with E-state index in [4.69, 9.17) is 26.8 Å². The summed E-state index contributed by atoms with van der Waals surface area (Å²) in [5.74, 6) is 0.688. The SMILES string of the molecule is COc1ccc(N2CCOCC2CN)cc1Cl. The standard InChI is InChI=1S/C12H17ClN2O2/c1-16-12-3-2-9(6-11(12)13)15-4-5-17-8-10(15)7-14/h2-3,6,10H,4-5,7-8,14H2,1H3. The molecule has 1 atom stereocenters. The Morgan fingerprint density at radius 1 is 1.59 bits per heavy atom. The second-order valence-electron chi connectivity index (χ2n) is 3.98. The van der Waals surface area contributed by atoms with Crippen molar-refractivity contribution < 1.29 is 9.47 Å². The molecule has 1 heterocycles. The van der Waals surface area contributed by atoms with Crippen molar-refractivity contribution in [2.24, 2.45) is 5.73 Å². The lowest BCUT2D eigenvalue weighted by Gasteiger charge is -2.36. The van der Waals surface area contributed by atoms with E-state index >= 15 is 0 Å². The minimum atomic E-state index is 0.216. The predicted molar refractivity (Wildman–Crippen MR) is 69.0 cm³/mol. The van der Waals surface area contributed by atoms with Gasteiger partial charge in [-0.2, -0.15) is 0 Å². The number of anilines is 1. The molecule has 17 heavy (non-hydrogen) atoms. The maximum Gasteiger partial charge on any atom is 0.137 e. The number of rotatable bonds is 3. The molecule has 1 saturated heterocycles. The fraction of sp³-hybridized carbons (Fsp3) is 0.500. The fourth-order valence-corrected chi connectivity index (χ4v) is 2.28. The van der Waals surface area contributed by atoms with Crippen LogP contribution in [0.25, 0.3) is 0 Å². The van der Waals surface area contributed by atoms with Gasteiger partial charge < -0.3 is 20.1 Å². The first-order chi connectivity index (χ1) is 8.26. The molecule has 1 aliphatic heterocycles. The maximum absolute atomic E-state index is 6.13. The lowest BCUT2D eigenvalue weighted by atomic mass is 10.2. The maximum atomic E-state index is 6.13. The van der Waals surface area contributed by atoms with Crippen LogP contribution < -0.4 is 15.4 Å². The third-order valence-corrected chi connectivity index (χ3v) is 3.26. The molecule has 2 rings (SSSR count). The van der Waals surface area contributed by atoms with Gasteiger partial charge in [0.15, 0.2) is 0 Å². The van der Waals surface area contributed by atoms with E-state index in [1.807, 2.05) is 18.2 Å². The summed E-state index contributed by atoms with van der Waals surface area (Å²) in [5, 5.41) is 0.618. The van der Waals surface area contributed by atoms with Crippen molar-refractivity contribution >= 4 is 17.3 Å². The number of hydrogen-bond donors (Lipinski definition) is 1. The number of nitrogens with two attached hydrogens (primary N) is 1. The third-order valence-electron chi connectivity index (χ3n) is 2.97. The molecular formula is C12H17ClN2O2. The molecule has 94 valence electrons. The summed E-state index contributed by atoms with van der Waals surface area (Å²) < 4.78 is 10.6. The van der Waals surface area contributed by atoms with Crippen LogP contribution in [0.3, 0.4) is 0 Å². The summed E-state index contributed by atoms with van der Waals surface area (Å²) in [5.41, 5.74) is 6.81. The van der Waals surface area contributed by atoms with Crippen LogP contribution in [0.5, 0.6) is 5.75 Å². The molecule has 5 heteroatoms. The second kappa shape index (κ2) is 5.58. The molecule has 0 saturated carbocycles. The Labute approximate surface area is 106 Å². The molecule has 1 fully saturated rings. The summed E-state index contributed by atoms with van der Waals surface area (Å²) >= 11 is 6.13. The minimum Gasteiger partial charge on any atom is -0.495 e. The smallest absolute Gasteiger partial charge is 0.137 e. The summed E-state index contributed by atoms with van der Waals surface area (Å²) in [7, 11) is 1.61. The number of ether oxygens (including phenoxy) is 2. The molecule has 1 aromatic carbocycles. The monoisotopic (exact) mass is 256 g/mol. The van der Waals surface area contributed by atoms with Crippen LogP contribution in [0.1, 0.15) is 0 Å². The first kappa shape index (κ1) is 12.5. The molecule has 0 radical (unpaired) electrons. The topological polar surface area (TPSA) is 47.7 Å². The lowest BCUT2D eigenvalue weighted by Crippen LogP contribution is -2.49. The number of nitrogens with zero attached hydrogens (tertiary/aromatic N) is 1. The minimum absolute atomic E-state index is 0.216. The summed E-state index contributed by atoms with van der Waals surface area (Å²) in [6, 6.07) is 6.00. The summed E-state index contributed by atoms with van der Waals surface area (Å²) in [6.45, 7) is 2.80. The summed E-state index contributed by atoms with van der Waals surface area (Å²) in [4.78, 5) is 2.23. The van der Waals surface area contributed by atoms with Crippen molar-refractivity contribution in [1.82, 2.24) is 0 Å². The van der Waals surface area contributed by atoms with Crippen LogP contribution in [0.2, 0.25) is 5.02 Å². The van der Waals surface area contributed by atoms with Gasteiger partial charge in [0.1, 0.15) is 5.75 Å². The number of methoxy groups -OCH3 is 1. The van der Waals surface area contributed by atoms with E-state index in [0.29, 0.717) is 23.9 Å². The van der Waals surface area contributed by atoms with Crippen molar-refractivity contribution in [3.63, 3.8) is 0 Å². The molecule has 0 amide bonds. The van der Waals surface area contributed by atoms with Crippen LogP contribution >= 0.6 is 11.6 Å². The van der Waals surface area contributed by atoms with E-state index in [-0.39, 0.29) is 6.04 Å². The molecular weight excluding hydrogens is 240 g/mol. The van der Waals surface area contributed by atoms with Crippen molar-refractivity contribution in [2.75, 3.05) is 38.3 Å². The first-order valence-corrected chi connectivity index (χ1v) is 6.02. The molecule has 1 unspecified atom stereocenters. The van der Waals surface area contributed by atoms with Gasteiger partial charge in [-0.15, -0.1) is 0 Å². The zero-order valence-electron chi connectivity index (χ0n) is 9.86. The van der Waals surface area contributed by atoms with Gasteiger partial charge in [0.25, 0.3) is 0 Å². The molecule has 0 aromatic heterocycles. The van der Waals surface area contributed by atoms with Gasteiger partial charge in [0, 0.05) is 18.8 Å². The van der Waals surface area contributed by atoms with Gasteiger partial charge in [-0.05, 0) is 18.2 Å². The van der Waals surface area contributed by atoms with Gasteiger partial charge >= 0.3 is 0 Å². The van der Waals surface area contributed by atoms with E-state index in [1.165, 1.54) is 0 Å². The number of halogens is 1. The van der Waals surface area contributed by atoms with Crippen molar-refractivity contribution in [3.05, 3.63) is 23.2 Å². The molecule has 0 aliphatic carbocycles. The van der Waals surface area contributed by atoms with Crippen LogP contribution in [0.4, 0.5) is 5.69 Å². The Morgan fingerprint density at radius 2 is 2.41 bits per heavy atom. The predicted octanol–water partition coefficient (Wildman–Crippen LogP) is 1.51. The third kappa shape index (κ3) is 2.65. The van der Waals surface area contributed by atoms with E-state index in [0.717, 1.165) is 18.8 Å². The lowest BCUT2D eigenvalue weighted by molar-refractivity contribution is 0.0963. The van der Waals surface area contributed by atoms with Gasteiger partial charge in [0.05, 0.1) is 31.4 Å². The Balaban J connectivity index is 2.23. The molecule has 0 spiro atoms. The molecule has 1 aromatic rings. The average molecular weight is 257 g/mol. The highest BCUT2D eigenvalue weighted by molar-refractivity contribution is 6.32. The van der Waals surface area contributed by atoms with Crippen LogP contribution in [0, 0.1) is 0 Å². The fourth-order valence-electron chi connectivity index (χ4n) is 2.02. The highest BCUT2D eigenvalue weighted by atomic mass is 35.5. The number of benzene rings is 1. The molecule has 4 nitrogen and oxygen atoms in total. The van der Waals surface area contributed by atoms with E-state index in [9.17, 15) is 0 Å². The number of morpholine rings is 1. The largest absolute Gasteiger partial charge is 0.495 e. The van der Waals surface area contributed by atoms with E-state index in [2.05, 4.69) is 4.90 Å². The van der Waals surface area contributed by atoms with Crippen LogP contribution in [-0.4, -0.2) is 39.5 Å². The van der Waals surface area contributed by atoms with Gasteiger partial charge in [-0.3, -0.25) is 0 Å². The Morgan fingerprint density at radius 3 is 3.06 bits per heavy atom. The zero-order chi connectivity index (χ0) is 12.3. The first-order valence-electron chi connectivity index (χ1n) is 5.64. The van der Waals surface area contributed by atoms with Crippen LogP contribution in [-0.2, 0) is 4.74 Å². The second-order valence-corrected chi connectivity index (χ2v) is 4.38. The van der Waals surface area contributed by atoms with Gasteiger partial charge in [-0.1, -0.05) is 11.6 Å². The summed E-state index contributed by atoms with van der Waals surface area (Å²) in [6.07, 6.45) is 0. The van der Waals surface area contributed by atoms with Crippen molar-refractivity contribution in [3.8, 4) is 5.75 Å². The highest BCUT2D eigenvalue weighted by Gasteiger charge is 2.22. The molecule has 0 bridgehead atoms. The van der Waals surface area contributed by atoms with Crippen molar-refractivity contribution in [1.29, 1.82) is 0 Å². The highest BCUT2D eigenvalue weighted by Crippen LogP contribution is 2.30. The normalized spacial score (nSPS) is 20.4. The van der Waals surface area contributed by atoms with Crippen molar-refractivity contribution in [2.45, 2.75) is 6.04 Å². The average Bonchev–Trinajstić information content (AvgIpc) is 2.38. The molecule has 1 aliphatic rings. The van der Waals surface area contributed by atoms with Crippen LogP contribution in [0.15, 0.2) is 18.2 Å².